The zero-order valence-electron chi connectivity index (χ0n) is 11.0. The first kappa shape index (κ1) is 12.7. The molecule has 2 aromatic rings. The second-order valence-electron chi connectivity index (χ2n) is 5.36. The molecule has 2 nitrogen and oxygen atoms in total. The number of anilines is 1. The van der Waals surface area contributed by atoms with E-state index in [9.17, 15) is 0 Å². The van der Waals surface area contributed by atoms with E-state index in [1.54, 1.807) is 0 Å². The van der Waals surface area contributed by atoms with Crippen LogP contribution in [-0.4, -0.2) is 11.0 Å². The maximum absolute atomic E-state index is 6.21. The highest BCUT2D eigenvalue weighted by atomic mass is 35.5. The topological polar surface area (TPSA) is 24.9 Å². The molecule has 0 radical (unpaired) electrons. The standard InChI is InChI=1S/C16H19ClN2/c17-13-10-12-6-5-9-18-16(12)15(11-13)19-14-7-3-1-2-4-8-14/h5-6,9-11,14,19H,1-4,7-8H2. The summed E-state index contributed by atoms with van der Waals surface area (Å²) in [7, 11) is 0. The summed E-state index contributed by atoms with van der Waals surface area (Å²) in [6.45, 7) is 0. The molecule has 1 fully saturated rings. The molecule has 3 rings (SSSR count). The van der Waals surface area contributed by atoms with Gasteiger partial charge >= 0.3 is 0 Å². The highest BCUT2D eigenvalue weighted by Crippen LogP contribution is 2.29. The lowest BCUT2D eigenvalue weighted by atomic mass is 10.1. The number of benzene rings is 1. The van der Waals surface area contributed by atoms with E-state index < -0.39 is 0 Å². The first-order chi connectivity index (χ1) is 9.33. The fraction of sp³-hybridized carbons (Fsp3) is 0.438. The first-order valence-electron chi connectivity index (χ1n) is 7.14. The molecule has 1 N–H and O–H groups in total. The first-order valence-corrected chi connectivity index (χ1v) is 7.51. The van der Waals surface area contributed by atoms with Crippen LogP contribution in [0, 0.1) is 0 Å². The highest BCUT2D eigenvalue weighted by molar-refractivity contribution is 6.31. The summed E-state index contributed by atoms with van der Waals surface area (Å²) >= 11 is 6.21. The molecule has 1 aliphatic rings. The summed E-state index contributed by atoms with van der Waals surface area (Å²) in [6, 6.07) is 8.55. The van der Waals surface area contributed by atoms with Crippen LogP contribution < -0.4 is 5.32 Å². The Labute approximate surface area is 119 Å². The average Bonchev–Trinajstić information content (AvgIpc) is 2.67. The van der Waals surface area contributed by atoms with E-state index in [0.29, 0.717) is 6.04 Å². The second kappa shape index (κ2) is 5.79. The predicted molar refractivity (Wildman–Crippen MR) is 81.9 cm³/mol. The Kier molecular flexibility index (Phi) is 3.88. The van der Waals surface area contributed by atoms with Gasteiger partial charge < -0.3 is 5.32 Å². The lowest BCUT2D eigenvalue weighted by molar-refractivity contribution is 0.620. The lowest BCUT2D eigenvalue weighted by Crippen LogP contribution is -2.18. The van der Waals surface area contributed by atoms with E-state index in [1.807, 2.05) is 24.4 Å². The van der Waals surface area contributed by atoms with Crippen molar-refractivity contribution in [3.63, 3.8) is 0 Å². The minimum Gasteiger partial charge on any atom is -0.381 e. The molecule has 1 aliphatic carbocycles. The van der Waals surface area contributed by atoms with E-state index in [2.05, 4.69) is 16.4 Å². The smallest absolute Gasteiger partial charge is 0.0934 e. The number of halogens is 1. The van der Waals surface area contributed by atoms with Crippen LogP contribution in [0.2, 0.25) is 5.02 Å². The number of hydrogen-bond acceptors (Lipinski definition) is 2. The molecule has 1 aromatic heterocycles. The van der Waals surface area contributed by atoms with Gasteiger partial charge in [0.2, 0.25) is 0 Å². The summed E-state index contributed by atoms with van der Waals surface area (Å²) in [5.41, 5.74) is 2.10. The SMILES string of the molecule is Clc1cc(NC2CCCCCC2)c2ncccc2c1. The Morgan fingerprint density at radius 2 is 1.89 bits per heavy atom. The van der Waals surface area contributed by atoms with Crippen molar-refractivity contribution in [2.75, 3.05) is 5.32 Å². The normalized spacial score (nSPS) is 17.3. The molecule has 0 bridgehead atoms. The molecule has 0 atom stereocenters. The van der Waals surface area contributed by atoms with Gasteiger partial charge in [-0.05, 0) is 31.0 Å². The largest absolute Gasteiger partial charge is 0.381 e. The number of fused-ring (bicyclic) bond motifs is 1. The van der Waals surface area contributed by atoms with Gasteiger partial charge in [-0.2, -0.15) is 0 Å². The summed E-state index contributed by atoms with van der Waals surface area (Å²) in [5, 5.41) is 5.54. The Morgan fingerprint density at radius 1 is 1.11 bits per heavy atom. The molecule has 0 amide bonds. The quantitative estimate of drug-likeness (QED) is 0.778. The number of hydrogen-bond donors (Lipinski definition) is 1. The average molecular weight is 275 g/mol. The molecule has 0 spiro atoms. The van der Waals surface area contributed by atoms with Crippen LogP contribution in [0.3, 0.4) is 0 Å². The Morgan fingerprint density at radius 3 is 2.68 bits per heavy atom. The van der Waals surface area contributed by atoms with E-state index in [0.717, 1.165) is 21.6 Å². The zero-order valence-corrected chi connectivity index (χ0v) is 11.8. The van der Waals surface area contributed by atoms with Crippen LogP contribution in [0.5, 0.6) is 0 Å². The summed E-state index contributed by atoms with van der Waals surface area (Å²) < 4.78 is 0. The molecule has 3 heteroatoms. The van der Waals surface area contributed by atoms with Crippen LogP contribution in [0.25, 0.3) is 10.9 Å². The van der Waals surface area contributed by atoms with Crippen molar-refractivity contribution in [1.82, 2.24) is 4.98 Å². The molecule has 0 saturated heterocycles. The van der Waals surface area contributed by atoms with Crippen molar-refractivity contribution in [3.05, 3.63) is 35.5 Å². The fourth-order valence-corrected chi connectivity index (χ4v) is 3.14. The van der Waals surface area contributed by atoms with Gasteiger partial charge in [0.25, 0.3) is 0 Å². The monoisotopic (exact) mass is 274 g/mol. The number of nitrogens with zero attached hydrogens (tertiary/aromatic N) is 1. The third kappa shape index (κ3) is 3.01. The van der Waals surface area contributed by atoms with Gasteiger partial charge in [-0.3, -0.25) is 4.98 Å². The van der Waals surface area contributed by atoms with Crippen molar-refractivity contribution in [2.45, 2.75) is 44.6 Å². The van der Waals surface area contributed by atoms with Crippen molar-refractivity contribution in [2.24, 2.45) is 0 Å². The number of nitrogens with one attached hydrogen (secondary N) is 1. The molecular weight excluding hydrogens is 256 g/mol. The van der Waals surface area contributed by atoms with E-state index in [-0.39, 0.29) is 0 Å². The van der Waals surface area contributed by atoms with Crippen LogP contribution in [0.4, 0.5) is 5.69 Å². The van der Waals surface area contributed by atoms with Gasteiger partial charge in [-0.15, -0.1) is 0 Å². The van der Waals surface area contributed by atoms with Crippen LogP contribution >= 0.6 is 11.6 Å². The van der Waals surface area contributed by atoms with Crippen molar-refractivity contribution >= 4 is 28.2 Å². The Balaban J connectivity index is 1.90. The maximum atomic E-state index is 6.21. The van der Waals surface area contributed by atoms with Gasteiger partial charge in [-0.25, -0.2) is 0 Å². The van der Waals surface area contributed by atoms with Gasteiger partial charge in [0.15, 0.2) is 0 Å². The fourth-order valence-electron chi connectivity index (χ4n) is 2.91. The number of aromatic nitrogens is 1. The Hall–Kier alpha value is -1.28. The van der Waals surface area contributed by atoms with Crippen LogP contribution in [0.15, 0.2) is 30.5 Å². The van der Waals surface area contributed by atoms with Gasteiger partial charge in [0.05, 0.1) is 11.2 Å². The summed E-state index contributed by atoms with van der Waals surface area (Å²) in [5.74, 6) is 0. The van der Waals surface area contributed by atoms with Crippen molar-refractivity contribution in [1.29, 1.82) is 0 Å². The molecule has 100 valence electrons. The maximum Gasteiger partial charge on any atom is 0.0934 e. The van der Waals surface area contributed by atoms with Crippen LogP contribution in [0.1, 0.15) is 38.5 Å². The van der Waals surface area contributed by atoms with Crippen molar-refractivity contribution in [3.8, 4) is 0 Å². The van der Waals surface area contributed by atoms with Crippen LogP contribution in [-0.2, 0) is 0 Å². The minimum atomic E-state index is 0.561. The van der Waals surface area contributed by atoms with Crippen molar-refractivity contribution < 1.29 is 0 Å². The number of pyridine rings is 1. The second-order valence-corrected chi connectivity index (χ2v) is 5.80. The van der Waals surface area contributed by atoms with E-state index >= 15 is 0 Å². The molecule has 1 saturated carbocycles. The van der Waals surface area contributed by atoms with Gasteiger partial charge in [-0.1, -0.05) is 43.4 Å². The Bertz CT molecular complexity index is 560. The lowest BCUT2D eigenvalue weighted by Gasteiger charge is -2.19. The molecule has 1 heterocycles. The summed E-state index contributed by atoms with van der Waals surface area (Å²) in [4.78, 5) is 4.49. The van der Waals surface area contributed by atoms with E-state index in [4.69, 9.17) is 11.6 Å². The van der Waals surface area contributed by atoms with Gasteiger partial charge in [0.1, 0.15) is 0 Å². The highest BCUT2D eigenvalue weighted by Gasteiger charge is 2.13. The molecule has 1 aromatic carbocycles. The molecular formula is C16H19ClN2. The van der Waals surface area contributed by atoms with E-state index in [1.165, 1.54) is 38.5 Å². The molecule has 0 unspecified atom stereocenters. The molecule has 0 aliphatic heterocycles. The molecule has 19 heavy (non-hydrogen) atoms. The minimum absolute atomic E-state index is 0.561. The third-order valence-corrected chi connectivity index (χ3v) is 4.10. The summed E-state index contributed by atoms with van der Waals surface area (Å²) in [6.07, 6.45) is 9.73. The predicted octanol–water partition coefficient (Wildman–Crippen LogP) is 5.02. The van der Waals surface area contributed by atoms with Gasteiger partial charge in [0, 0.05) is 22.6 Å². The number of rotatable bonds is 2. The third-order valence-electron chi connectivity index (χ3n) is 3.88. The zero-order chi connectivity index (χ0) is 13.1.